The van der Waals surface area contributed by atoms with E-state index in [0.717, 1.165) is 19.3 Å². The molecular formula is C14H19BrCl2N2O2S. The molecule has 1 aromatic carbocycles. The molecule has 1 heterocycles. The number of hydrogen-bond donors (Lipinski definition) is 1. The second-order valence-electron chi connectivity index (χ2n) is 5.89. The molecule has 0 amide bonds. The Balaban J connectivity index is 0.00000176. The van der Waals surface area contributed by atoms with E-state index in [1.165, 1.54) is 0 Å². The number of fused-ring (bicyclic) bond motifs is 1. The molecule has 8 heteroatoms. The molecule has 22 heavy (non-hydrogen) atoms. The predicted octanol–water partition coefficient (Wildman–Crippen LogP) is 3.27. The highest BCUT2D eigenvalue weighted by atomic mass is 79.9. The summed E-state index contributed by atoms with van der Waals surface area (Å²) in [5.74, 6) is 0.652. The molecule has 3 rings (SSSR count). The molecular weight excluding hydrogens is 411 g/mol. The highest BCUT2D eigenvalue weighted by Crippen LogP contribution is 2.40. The Kier molecular flexibility index (Phi) is 5.84. The minimum Gasteiger partial charge on any atom is -0.327 e. The van der Waals surface area contributed by atoms with E-state index in [1.54, 1.807) is 22.5 Å². The lowest BCUT2D eigenvalue weighted by Crippen LogP contribution is -2.38. The molecule has 2 N–H and O–H groups in total. The second-order valence-corrected chi connectivity index (χ2v) is 9.03. The minimum absolute atomic E-state index is 0. The Morgan fingerprint density at radius 3 is 2.64 bits per heavy atom. The predicted molar refractivity (Wildman–Crippen MR) is 94.0 cm³/mol. The number of sulfonamides is 1. The van der Waals surface area contributed by atoms with Gasteiger partial charge in [-0.05, 0) is 52.7 Å². The molecule has 1 aliphatic carbocycles. The lowest BCUT2D eigenvalue weighted by atomic mass is 9.78. The minimum atomic E-state index is -3.58. The summed E-state index contributed by atoms with van der Waals surface area (Å²) in [6.45, 7) is 1.06. The van der Waals surface area contributed by atoms with Gasteiger partial charge in [-0.15, -0.1) is 12.4 Å². The monoisotopic (exact) mass is 428 g/mol. The Labute approximate surface area is 151 Å². The number of benzene rings is 1. The standard InChI is InChI=1S/C14H18BrClN2O2S.ClH/c15-11-4-2-5-12(16)14(11)21(19,20)18-7-9-3-1-6-13(17)10(9)8-18;/h2,4-5,9-10,13H,1,3,6-8,17H2;1H. The van der Waals surface area contributed by atoms with Crippen molar-refractivity contribution in [1.82, 2.24) is 4.31 Å². The number of halogens is 3. The van der Waals surface area contributed by atoms with E-state index in [9.17, 15) is 8.42 Å². The quantitative estimate of drug-likeness (QED) is 0.784. The fraction of sp³-hybridized carbons (Fsp3) is 0.571. The third-order valence-corrected chi connectivity index (χ3v) is 7.92. The van der Waals surface area contributed by atoms with Crippen molar-refractivity contribution < 1.29 is 8.42 Å². The summed E-state index contributed by atoms with van der Waals surface area (Å²) in [5, 5.41) is 0.253. The van der Waals surface area contributed by atoms with Crippen LogP contribution in [-0.2, 0) is 10.0 Å². The first kappa shape index (κ1) is 18.5. The maximum absolute atomic E-state index is 12.9. The molecule has 1 saturated heterocycles. The number of hydrogen-bond acceptors (Lipinski definition) is 3. The third kappa shape index (κ3) is 3.19. The van der Waals surface area contributed by atoms with Crippen molar-refractivity contribution in [2.24, 2.45) is 17.6 Å². The average Bonchev–Trinajstić information content (AvgIpc) is 2.84. The zero-order valence-electron chi connectivity index (χ0n) is 11.9. The molecule has 3 atom stereocenters. The lowest BCUT2D eigenvalue weighted by Gasteiger charge is -2.29. The number of rotatable bonds is 2. The zero-order chi connectivity index (χ0) is 15.2. The van der Waals surface area contributed by atoms with Crippen molar-refractivity contribution >= 4 is 50.0 Å². The van der Waals surface area contributed by atoms with Crippen LogP contribution in [-0.4, -0.2) is 31.9 Å². The molecule has 124 valence electrons. The van der Waals surface area contributed by atoms with Gasteiger partial charge >= 0.3 is 0 Å². The van der Waals surface area contributed by atoms with Crippen LogP contribution in [0.2, 0.25) is 5.02 Å². The van der Waals surface area contributed by atoms with Crippen molar-refractivity contribution in [3.05, 3.63) is 27.7 Å². The van der Waals surface area contributed by atoms with Gasteiger partial charge in [0.25, 0.3) is 0 Å². The van der Waals surface area contributed by atoms with Crippen LogP contribution in [0.5, 0.6) is 0 Å². The Morgan fingerprint density at radius 1 is 1.27 bits per heavy atom. The molecule has 1 aromatic rings. The Bertz CT molecular complexity index is 636. The van der Waals surface area contributed by atoms with Crippen molar-refractivity contribution in [1.29, 1.82) is 0 Å². The van der Waals surface area contributed by atoms with E-state index in [2.05, 4.69) is 15.9 Å². The summed E-state index contributed by atoms with van der Waals surface area (Å²) in [7, 11) is -3.58. The fourth-order valence-corrected chi connectivity index (χ4v) is 6.73. The van der Waals surface area contributed by atoms with Gasteiger partial charge in [0.15, 0.2) is 0 Å². The smallest absolute Gasteiger partial charge is 0.245 e. The van der Waals surface area contributed by atoms with Gasteiger partial charge in [0.05, 0.1) is 5.02 Å². The van der Waals surface area contributed by atoms with Crippen LogP contribution in [0.15, 0.2) is 27.6 Å². The highest BCUT2D eigenvalue weighted by molar-refractivity contribution is 9.10. The van der Waals surface area contributed by atoms with Crippen LogP contribution in [0, 0.1) is 11.8 Å². The second kappa shape index (κ2) is 6.95. The zero-order valence-corrected chi connectivity index (χ0v) is 15.9. The molecule has 2 aliphatic rings. The van der Waals surface area contributed by atoms with Crippen molar-refractivity contribution in [3.8, 4) is 0 Å². The van der Waals surface area contributed by atoms with E-state index in [4.69, 9.17) is 17.3 Å². The van der Waals surface area contributed by atoms with Gasteiger partial charge in [0.1, 0.15) is 4.90 Å². The largest absolute Gasteiger partial charge is 0.327 e. The van der Waals surface area contributed by atoms with Gasteiger partial charge in [-0.2, -0.15) is 4.31 Å². The summed E-state index contributed by atoms with van der Waals surface area (Å²) in [6, 6.07) is 5.14. The van der Waals surface area contributed by atoms with Crippen LogP contribution in [0.25, 0.3) is 0 Å². The first-order valence-electron chi connectivity index (χ1n) is 7.11. The molecule has 1 saturated carbocycles. The van der Waals surface area contributed by atoms with Crippen LogP contribution in [0.3, 0.4) is 0 Å². The number of nitrogens with zero attached hydrogens (tertiary/aromatic N) is 1. The van der Waals surface area contributed by atoms with Gasteiger partial charge in [0, 0.05) is 23.6 Å². The van der Waals surface area contributed by atoms with Crippen molar-refractivity contribution in [2.75, 3.05) is 13.1 Å². The molecule has 2 fully saturated rings. The van der Waals surface area contributed by atoms with Gasteiger partial charge in [-0.3, -0.25) is 0 Å². The Hall–Kier alpha value is 0.150. The van der Waals surface area contributed by atoms with Crippen LogP contribution in [0.1, 0.15) is 19.3 Å². The van der Waals surface area contributed by atoms with E-state index in [-0.39, 0.29) is 34.3 Å². The molecule has 1 aliphatic heterocycles. The maximum Gasteiger partial charge on any atom is 0.245 e. The van der Waals surface area contributed by atoms with Gasteiger partial charge in [0.2, 0.25) is 10.0 Å². The lowest BCUT2D eigenvalue weighted by molar-refractivity contribution is 0.260. The normalized spacial score (nSPS) is 29.0. The summed E-state index contributed by atoms with van der Waals surface area (Å²) in [6.07, 6.45) is 3.14. The molecule has 3 unspecified atom stereocenters. The van der Waals surface area contributed by atoms with Crippen molar-refractivity contribution in [2.45, 2.75) is 30.2 Å². The van der Waals surface area contributed by atoms with Crippen LogP contribution < -0.4 is 5.73 Å². The first-order valence-corrected chi connectivity index (χ1v) is 9.72. The van der Waals surface area contributed by atoms with E-state index in [0.29, 0.717) is 23.5 Å². The highest BCUT2D eigenvalue weighted by Gasteiger charge is 2.44. The Morgan fingerprint density at radius 2 is 2.00 bits per heavy atom. The summed E-state index contributed by atoms with van der Waals surface area (Å²) < 4.78 is 27.9. The summed E-state index contributed by atoms with van der Waals surface area (Å²) >= 11 is 9.42. The van der Waals surface area contributed by atoms with E-state index >= 15 is 0 Å². The van der Waals surface area contributed by atoms with Crippen LogP contribution >= 0.6 is 39.9 Å². The average molecular weight is 430 g/mol. The van der Waals surface area contributed by atoms with Crippen molar-refractivity contribution in [3.63, 3.8) is 0 Å². The summed E-state index contributed by atoms with van der Waals surface area (Å²) in [4.78, 5) is 0.166. The summed E-state index contributed by atoms with van der Waals surface area (Å²) in [5.41, 5.74) is 6.17. The molecule has 0 bridgehead atoms. The SMILES string of the molecule is Cl.NC1CCCC2CN(S(=O)(=O)c3c(Cl)cccc3Br)CC12. The van der Waals surface area contributed by atoms with E-state index in [1.807, 2.05) is 0 Å². The van der Waals surface area contributed by atoms with Gasteiger partial charge < -0.3 is 5.73 Å². The van der Waals surface area contributed by atoms with Gasteiger partial charge in [-0.1, -0.05) is 24.1 Å². The maximum atomic E-state index is 12.9. The molecule has 0 radical (unpaired) electrons. The fourth-order valence-electron chi connectivity index (χ4n) is 3.53. The molecule has 0 aromatic heterocycles. The topological polar surface area (TPSA) is 63.4 Å². The molecule has 0 spiro atoms. The van der Waals surface area contributed by atoms with Crippen LogP contribution in [0.4, 0.5) is 0 Å². The van der Waals surface area contributed by atoms with Gasteiger partial charge in [-0.25, -0.2) is 8.42 Å². The molecule has 4 nitrogen and oxygen atoms in total. The third-order valence-electron chi connectivity index (χ3n) is 4.64. The first-order chi connectivity index (χ1) is 9.91. The number of nitrogens with two attached hydrogens (primary N) is 1. The van der Waals surface area contributed by atoms with E-state index < -0.39 is 10.0 Å².